The maximum Gasteiger partial charge on any atom is 0.410 e. The van der Waals surface area contributed by atoms with E-state index in [0.717, 1.165) is 30.8 Å². The third-order valence-electron chi connectivity index (χ3n) is 4.11. The standard InChI is InChI=1S/C16H24N6O2/c1-4-12-9-14(22-15(20-12)17-10-18-22)19-13-5-7-21(8-6-13)16(23)24-11(2)3/h9-11,13,19H,4-8H2,1-3H3. The van der Waals surface area contributed by atoms with Crippen LogP contribution in [0.15, 0.2) is 12.4 Å². The van der Waals surface area contributed by atoms with Crippen LogP contribution in [0.3, 0.4) is 0 Å². The normalized spacial score (nSPS) is 15.9. The Labute approximate surface area is 141 Å². The number of nitrogens with zero attached hydrogens (tertiary/aromatic N) is 5. The lowest BCUT2D eigenvalue weighted by Gasteiger charge is -2.32. The van der Waals surface area contributed by atoms with Crippen LogP contribution in [0.25, 0.3) is 5.78 Å². The Morgan fingerprint density at radius 1 is 1.42 bits per heavy atom. The van der Waals surface area contributed by atoms with E-state index in [1.54, 1.807) is 9.42 Å². The summed E-state index contributed by atoms with van der Waals surface area (Å²) in [5, 5.41) is 7.76. The van der Waals surface area contributed by atoms with Crippen LogP contribution >= 0.6 is 0 Å². The van der Waals surface area contributed by atoms with Gasteiger partial charge in [-0.25, -0.2) is 9.78 Å². The summed E-state index contributed by atoms with van der Waals surface area (Å²) in [6, 6.07) is 2.30. The molecule has 1 saturated heterocycles. The molecule has 0 aliphatic carbocycles. The Hall–Kier alpha value is -2.38. The van der Waals surface area contributed by atoms with Gasteiger partial charge in [-0.1, -0.05) is 6.92 Å². The summed E-state index contributed by atoms with van der Waals surface area (Å²) in [7, 11) is 0. The third-order valence-corrected chi connectivity index (χ3v) is 4.11. The van der Waals surface area contributed by atoms with Gasteiger partial charge in [0.15, 0.2) is 0 Å². The van der Waals surface area contributed by atoms with Crippen molar-refractivity contribution < 1.29 is 9.53 Å². The lowest BCUT2D eigenvalue weighted by atomic mass is 10.1. The van der Waals surface area contributed by atoms with Gasteiger partial charge in [0, 0.05) is 30.9 Å². The highest BCUT2D eigenvalue weighted by molar-refractivity contribution is 5.68. The number of hydrogen-bond donors (Lipinski definition) is 1. The number of likely N-dealkylation sites (tertiary alicyclic amines) is 1. The predicted octanol–water partition coefficient (Wildman–Crippen LogP) is 2.11. The van der Waals surface area contributed by atoms with Crippen LogP contribution in [0.4, 0.5) is 10.6 Å². The average molecular weight is 332 g/mol. The van der Waals surface area contributed by atoms with Crippen molar-refractivity contribution in [3.63, 3.8) is 0 Å². The molecule has 24 heavy (non-hydrogen) atoms. The van der Waals surface area contributed by atoms with Crippen LogP contribution in [0.5, 0.6) is 0 Å². The van der Waals surface area contributed by atoms with E-state index in [1.807, 2.05) is 19.9 Å². The molecular formula is C16H24N6O2. The number of anilines is 1. The zero-order valence-corrected chi connectivity index (χ0v) is 14.4. The first-order valence-electron chi connectivity index (χ1n) is 8.48. The molecule has 0 radical (unpaired) electrons. The SMILES string of the molecule is CCc1cc(NC2CCN(C(=O)OC(C)C)CC2)n2ncnc2n1. The van der Waals surface area contributed by atoms with Gasteiger partial charge < -0.3 is 15.0 Å². The zero-order valence-electron chi connectivity index (χ0n) is 14.4. The summed E-state index contributed by atoms with van der Waals surface area (Å²) in [6.45, 7) is 7.18. The molecule has 2 aromatic heterocycles. The molecule has 1 N–H and O–H groups in total. The van der Waals surface area contributed by atoms with Crippen molar-refractivity contribution in [3.05, 3.63) is 18.1 Å². The number of amides is 1. The zero-order chi connectivity index (χ0) is 17.1. The molecule has 3 heterocycles. The number of rotatable bonds is 4. The summed E-state index contributed by atoms with van der Waals surface area (Å²) in [5.41, 5.74) is 0.982. The fraction of sp³-hybridized carbons (Fsp3) is 0.625. The van der Waals surface area contributed by atoms with Gasteiger partial charge in [-0.05, 0) is 33.1 Å². The highest BCUT2D eigenvalue weighted by Crippen LogP contribution is 2.18. The molecule has 1 aliphatic heterocycles. The molecule has 1 aliphatic rings. The van der Waals surface area contributed by atoms with Gasteiger partial charge in [-0.3, -0.25) is 0 Å². The van der Waals surface area contributed by atoms with E-state index in [-0.39, 0.29) is 18.2 Å². The van der Waals surface area contributed by atoms with Crippen molar-refractivity contribution in [2.75, 3.05) is 18.4 Å². The molecular weight excluding hydrogens is 308 g/mol. The van der Waals surface area contributed by atoms with E-state index in [9.17, 15) is 4.79 Å². The summed E-state index contributed by atoms with van der Waals surface area (Å²) in [4.78, 5) is 22.3. The van der Waals surface area contributed by atoms with Gasteiger partial charge in [0.25, 0.3) is 5.78 Å². The minimum absolute atomic E-state index is 0.0850. The van der Waals surface area contributed by atoms with Crippen LogP contribution in [0, 0.1) is 0 Å². The van der Waals surface area contributed by atoms with Crippen LogP contribution < -0.4 is 5.32 Å². The highest BCUT2D eigenvalue weighted by atomic mass is 16.6. The maximum absolute atomic E-state index is 11.9. The minimum Gasteiger partial charge on any atom is -0.447 e. The Bertz CT molecular complexity index is 706. The van der Waals surface area contributed by atoms with Gasteiger partial charge in [-0.2, -0.15) is 14.6 Å². The molecule has 1 amide bonds. The maximum atomic E-state index is 11.9. The summed E-state index contributed by atoms with van der Waals surface area (Å²) >= 11 is 0. The number of aromatic nitrogens is 4. The molecule has 130 valence electrons. The highest BCUT2D eigenvalue weighted by Gasteiger charge is 2.24. The van der Waals surface area contributed by atoms with E-state index in [1.165, 1.54) is 6.33 Å². The number of carbonyl (C=O) groups excluding carboxylic acids is 1. The van der Waals surface area contributed by atoms with E-state index >= 15 is 0 Å². The number of fused-ring (bicyclic) bond motifs is 1. The van der Waals surface area contributed by atoms with E-state index in [0.29, 0.717) is 18.9 Å². The van der Waals surface area contributed by atoms with Crippen molar-refractivity contribution in [2.24, 2.45) is 0 Å². The third kappa shape index (κ3) is 3.58. The van der Waals surface area contributed by atoms with E-state index in [2.05, 4.69) is 27.3 Å². The fourth-order valence-corrected chi connectivity index (χ4v) is 2.84. The molecule has 2 aromatic rings. The first-order chi connectivity index (χ1) is 11.6. The van der Waals surface area contributed by atoms with Crippen molar-refractivity contribution in [2.45, 2.75) is 52.2 Å². The number of carbonyl (C=O) groups is 1. The van der Waals surface area contributed by atoms with Crippen molar-refractivity contribution in [3.8, 4) is 0 Å². The lowest BCUT2D eigenvalue weighted by molar-refractivity contribution is 0.0701. The molecule has 8 nitrogen and oxygen atoms in total. The lowest BCUT2D eigenvalue weighted by Crippen LogP contribution is -2.43. The second-order valence-electron chi connectivity index (χ2n) is 6.30. The fourth-order valence-electron chi connectivity index (χ4n) is 2.84. The Morgan fingerprint density at radius 3 is 2.83 bits per heavy atom. The molecule has 3 rings (SSSR count). The van der Waals surface area contributed by atoms with Gasteiger partial charge >= 0.3 is 6.09 Å². The quantitative estimate of drug-likeness (QED) is 0.923. The molecule has 0 aromatic carbocycles. The first kappa shape index (κ1) is 16.5. The van der Waals surface area contributed by atoms with Gasteiger partial charge in [0.05, 0.1) is 6.10 Å². The van der Waals surface area contributed by atoms with Crippen LogP contribution in [-0.2, 0) is 11.2 Å². The number of piperidine rings is 1. The Morgan fingerprint density at radius 2 is 2.17 bits per heavy atom. The largest absolute Gasteiger partial charge is 0.447 e. The van der Waals surface area contributed by atoms with Crippen LogP contribution in [0.2, 0.25) is 0 Å². The van der Waals surface area contributed by atoms with Crippen LogP contribution in [-0.4, -0.2) is 55.8 Å². The minimum atomic E-state index is -0.223. The summed E-state index contributed by atoms with van der Waals surface area (Å²) in [6.07, 6.45) is 3.78. The number of nitrogens with one attached hydrogen (secondary N) is 1. The molecule has 0 saturated carbocycles. The first-order valence-corrected chi connectivity index (χ1v) is 8.48. The summed E-state index contributed by atoms with van der Waals surface area (Å²) < 4.78 is 6.98. The van der Waals surface area contributed by atoms with Crippen molar-refractivity contribution in [1.29, 1.82) is 0 Å². The van der Waals surface area contributed by atoms with E-state index < -0.39 is 0 Å². The van der Waals surface area contributed by atoms with Crippen molar-refractivity contribution in [1.82, 2.24) is 24.5 Å². The number of hydrogen-bond acceptors (Lipinski definition) is 6. The number of ether oxygens (including phenoxy) is 1. The molecule has 0 atom stereocenters. The van der Waals surface area contributed by atoms with Gasteiger partial charge in [0.1, 0.15) is 12.1 Å². The van der Waals surface area contributed by atoms with Crippen LogP contribution in [0.1, 0.15) is 39.3 Å². The topological polar surface area (TPSA) is 84.7 Å². The van der Waals surface area contributed by atoms with Gasteiger partial charge in [-0.15, -0.1) is 0 Å². The smallest absolute Gasteiger partial charge is 0.410 e. The second kappa shape index (κ2) is 7.02. The number of aryl methyl sites for hydroxylation is 1. The molecule has 0 bridgehead atoms. The molecule has 1 fully saturated rings. The van der Waals surface area contributed by atoms with Crippen molar-refractivity contribution >= 4 is 17.7 Å². The molecule has 8 heteroatoms. The monoisotopic (exact) mass is 332 g/mol. The Kier molecular flexibility index (Phi) is 4.82. The summed E-state index contributed by atoms with van der Waals surface area (Å²) in [5.74, 6) is 1.51. The second-order valence-corrected chi connectivity index (χ2v) is 6.30. The predicted molar refractivity (Wildman–Crippen MR) is 90.0 cm³/mol. The average Bonchev–Trinajstić information content (AvgIpc) is 3.03. The molecule has 0 unspecified atom stereocenters. The van der Waals surface area contributed by atoms with Gasteiger partial charge in [0.2, 0.25) is 0 Å². The Balaban J connectivity index is 1.64. The molecule has 0 spiro atoms. The van der Waals surface area contributed by atoms with E-state index in [4.69, 9.17) is 4.74 Å².